The summed E-state index contributed by atoms with van der Waals surface area (Å²) in [5, 5.41) is 13.5. The lowest BCUT2D eigenvalue weighted by Gasteiger charge is -2.14. The third-order valence-corrected chi connectivity index (χ3v) is 3.83. The highest BCUT2D eigenvalue weighted by Crippen LogP contribution is 2.31. The standard InChI is InChI=1S/C21H19N3O/c1-15(2)19-12-20-16(7-6-10-23-20)11-21(19)25-18(13-22)14-24-17-8-4-3-5-9-17/h3-12,14-15,24H,1-2H3. The summed E-state index contributed by atoms with van der Waals surface area (Å²) >= 11 is 0. The molecule has 0 aliphatic heterocycles. The fourth-order valence-electron chi connectivity index (χ4n) is 2.54. The van der Waals surface area contributed by atoms with Gasteiger partial charge in [-0.25, -0.2) is 0 Å². The normalized spacial score (nSPS) is 11.4. The Morgan fingerprint density at radius 1 is 1.16 bits per heavy atom. The van der Waals surface area contributed by atoms with Gasteiger partial charge < -0.3 is 10.1 Å². The number of para-hydroxylation sites is 1. The molecule has 0 atom stereocenters. The maximum atomic E-state index is 9.41. The van der Waals surface area contributed by atoms with Crippen LogP contribution in [0.1, 0.15) is 25.3 Å². The van der Waals surface area contributed by atoms with Crippen molar-refractivity contribution < 1.29 is 4.74 Å². The minimum absolute atomic E-state index is 0.203. The molecular weight excluding hydrogens is 310 g/mol. The second kappa shape index (κ2) is 7.50. The van der Waals surface area contributed by atoms with Crippen molar-refractivity contribution in [2.45, 2.75) is 19.8 Å². The summed E-state index contributed by atoms with van der Waals surface area (Å²) in [5.74, 6) is 1.13. The van der Waals surface area contributed by atoms with Gasteiger partial charge in [0, 0.05) is 17.3 Å². The van der Waals surface area contributed by atoms with Crippen molar-refractivity contribution in [2.75, 3.05) is 5.32 Å². The molecule has 25 heavy (non-hydrogen) atoms. The molecule has 1 N–H and O–H groups in total. The van der Waals surface area contributed by atoms with Gasteiger partial charge >= 0.3 is 0 Å². The zero-order chi connectivity index (χ0) is 17.6. The molecule has 1 heterocycles. The zero-order valence-electron chi connectivity index (χ0n) is 14.2. The summed E-state index contributed by atoms with van der Waals surface area (Å²) in [4.78, 5) is 4.39. The molecule has 0 saturated carbocycles. The van der Waals surface area contributed by atoms with E-state index in [4.69, 9.17) is 4.74 Å². The van der Waals surface area contributed by atoms with E-state index in [-0.39, 0.29) is 11.7 Å². The van der Waals surface area contributed by atoms with Crippen molar-refractivity contribution in [3.8, 4) is 11.8 Å². The first-order valence-electron chi connectivity index (χ1n) is 8.16. The van der Waals surface area contributed by atoms with E-state index in [0.717, 1.165) is 22.2 Å². The highest BCUT2D eigenvalue weighted by molar-refractivity contribution is 5.81. The number of pyridine rings is 1. The number of allylic oxidation sites excluding steroid dienone is 1. The van der Waals surface area contributed by atoms with Crippen molar-refractivity contribution in [2.24, 2.45) is 0 Å². The van der Waals surface area contributed by atoms with Gasteiger partial charge in [0.1, 0.15) is 11.8 Å². The van der Waals surface area contributed by atoms with Crippen LogP contribution < -0.4 is 10.1 Å². The molecule has 0 aliphatic carbocycles. The molecule has 3 rings (SSSR count). The van der Waals surface area contributed by atoms with Crippen LogP contribution in [0.2, 0.25) is 0 Å². The molecule has 0 amide bonds. The molecule has 0 spiro atoms. The van der Waals surface area contributed by atoms with Crippen LogP contribution in [-0.2, 0) is 0 Å². The number of aromatic nitrogens is 1. The Morgan fingerprint density at radius 2 is 1.96 bits per heavy atom. The number of nitrogens with one attached hydrogen (secondary N) is 1. The lowest BCUT2D eigenvalue weighted by atomic mass is 10.00. The van der Waals surface area contributed by atoms with E-state index in [0.29, 0.717) is 5.75 Å². The predicted octanol–water partition coefficient (Wildman–Crippen LogP) is 5.21. The van der Waals surface area contributed by atoms with E-state index in [9.17, 15) is 5.26 Å². The van der Waals surface area contributed by atoms with Crippen molar-refractivity contribution in [3.05, 3.63) is 78.3 Å². The zero-order valence-corrected chi connectivity index (χ0v) is 14.2. The van der Waals surface area contributed by atoms with Gasteiger partial charge in [0.15, 0.2) is 0 Å². The molecule has 0 fully saturated rings. The third-order valence-electron chi connectivity index (χ3n) is 3.83. The summed E-state index contributed by atoms with van der Waals surface area (Å²) in [7, 11) is 0. The minimum Gasteiger partial charge on any atom is -0.444 e. The monoisotopic (exact) mass is 329 g/mol. The van der Waals surface area contributed by atoms with Crippen LogP contribution in [0.25, 0.3) is 10.9 Å². The van der Waals surface area contributed by atoms with E-state index < -0.39 is 0 Å². The minimum atomic E-state index is 0.203. The molecule has 124 valence electrons. The second-order valence-corrected chi connectivity index (χ2v) is 5.97. The molecule has 4 nitrogen and oxygen atoms in total. The van der Waals surface area contributed by atoms with E-state index >= 15 is 0 Å². The Balaban J connectivity index is 1.92. The molecule has 3 aromatic rings. The van der Waals surface area contributed by atoms with Gasteiger partial charge in [0.05, 0.1) is 11.7 Å². The third kappa shape index (κ3) is 3.96. The van der Waals surface area contributed by atoms with Crippen molar-refractivity contribution in [1.29, 1.82) is 5.26 Å². The lowest BCUT2D eigenvalue weighted by Crippen LogP contribution is -2.01. The van der Waals surface area contributed by atoms with Crippen molar-refractivity contribution in [3.63, 3.8) is 0 Å². The molecule has 2 aromatic carbocycles. The van der Waals surface area contributed by atoms with E-state index in [1.54, 1.807) is 12.4 Å². The highest BCUT2D eigenvalue weighted by atomic mass is 16.5. The van der Waals surface area contributed by atoms with Crippen LogP contribution in [0.4, 0.5) is 5.69 Å². The van der Waals surface area contributed by atoms with Crippen LogP contribution in [0.15, 0.2) is 72.8 Å². The van der Waals surface area contributed by atoms with Gasteiger partial charge in [-0.1, -0.05) is 38.1 Å². The predicted molar refractivity (Wildman–Crippen MR) is 100 cm³/mol. The van der Waals surface area contributed by atoms with Gasteiger partial charge in [0.2, 0.25) is 5.76 Å². The maximum absolute atomic E-state index is 9.41. The number of nitrogens with zero attached hydrogens (tertiary/aromatic N) is 2. The second-order valence-electron chi connectivity index (χ2n) is 5.97. The maximum Gasteiger partial charge on any atom is 0.219 e. The summed E-state index contributed by atoms with van der Waals surface area (Å²) in [6.07, 6.45) is 3.35. The first-order valence-corrected chi connectivity index (χ1v) is 8.16. The Kier molecular flexibility index (Phi) is 4.96. The summed E-state index contributed by atoms with van der Waals surface area (Å²) in [6.45, 7) is 4.18. The molecule has 0 radical (unpaired) electrons. The van der Waals surface area contributed by atoms with Crippen LogP contribution in [0.3, 0.4) is 0 Å². The van der Waals surface area contributed by atoms with Gasteiger partial charge in [-0.2, -0.15) is 5.26 Å². The number of benzene rings is 2. The van der Waals surface area contributed by atoms with Gasteiger partial charge in [-0.15, -0.1) is 0 Å². The molecule has 0 bridgehead atoms. The lowest BCUT2D eigenvalue weighted by molar-refractivity contribution is 0.440. The van der Waals surface area contributed by atoms with Crippen molar-refractivity contribution in [1.82, 2.24) is 4.98 Å². The average molecular weight is 329 g/mol. The topological polar surface area (TPSA) is 57.9 Å². The summed E-state index contributed by atoms with van der Waals surface area (Å²) in [6, 6.07) is 19.6. The number of nitriles is 1. The van der Waals surface area contributed by atoms with Gasteiger partial charge in [-0.3, -0.25) is 4.98 Å². The molecule has 1 aromatic heterocycles. The number of rotatable bonds is 5. The summed E-state index contributed by atoms with van der Waals surface area (Å²) < 4.78 is 5.90. The highest BCUT2D eigenvalue weighted by Gasteiger charge is 2.12. The van der Waals surface area contributed by atoms with Crippen LogP contribution in [0.5, 0.6) is 5.75 Å². The SMILES string of the molecule is CC(C)c1cc2ncccc2cc1OC(C#N)=CNc1ccccc1. The number of ether oxygens (including phenoxy) is 1. The van der Waals surface area contributed by atoms with Gasteiger partial charge in [0.25, 0.3) is 0 Å². The Hall–Kier alpha value is -3.32. The van der Waals surface area contributed by atoms with Crippen molar-refractivity contribution >= 4 is 16.6 Å². The molecule has 0 aliphatic rings. The molecular formula is C21H19N3O. The largest absolute Gasteiger partial charge is 0.444 e. The van der Waals surface area contributed by atoms with E-state index in [1.165, 1.54) is 0 Å². The first-order chi connectivity index (χ1) is 12.2. The van der Waals surface area contributed by atoms with Crippen LogP contribution >= 0.6 is 0 Å². The van der Waals surface area contributed by atoms with Crippen LogP contribution in [0, 0.1) is 11.3 Å². The quantitative estimate of drug-likeness (QED) is 0.515. The Morgan fingerprint density at radius 3 is 2.68 bits per heavy atom. The number of fused-ring (bicyclic) bond motifs is 1. The number of anilines is 1. The molecule has 0 saturated heterocycles. The van der Waals surface area contributed by atoms with E-state index in [2.05, 4.69) is 30.2 Å². The Bertz CT molecular complexity index is 940. The first kappa shape index (κ1) is 16.5. The smallest absolute Gasteiger partial charge is 0.219 e. The number of hydrogen-bond acceptors (Lipinski definition) is 4. The average Bonchev–Trinajstić information content (AvgIpc) is 2.65. The summed E-state index contributed by atoms with van der Waals surface area (Å²) in [5.41, 5.74) is 2.83. The van der Waals surface area contributed by atoms with Gasteiger partial charge in [-0.05, 0) is 41.8 Å². The van der Waals surface area contributed by atoms with E-state index in [1.807, 2.05) is 54.6 Å². The fourth-order valence-corrected chi connectivity index (χ4v) is 2.54. The molecule has 0 unspecified atom stereocenters. The molecule has 4 heteroatoms. The fraction of sp³-hybridized carbons (Fsp3) is 0.143. The number of hydrogen-bond donors (Lipinski definition) is 1. The van der Waals surface area contributed by atoms with Crippen LogP contribution in [-0.4, -0.2) is 4.98 Å². The Labute approximate surface area is 147 Å².